The van der Waals surface area contributed by atoms with Crippen LogP contribution in [-0.4, -0.2) is 45.0 Å². The Morgan fingerprint density at radius 1 is 1.12 bits per heavy atom. The topological polar surface area (TPSA) is 88.7 Å². The lowest BCUT2D eigenvalue weighted by molar-refractivity contribution is 0.0994. The molecule has 7 heteroatoms. The molecule has 0 aliphatic carbocycles. The average Bonchev–Trinajstić information content (AvgIpc) is 3.44. The van der Waals surface area contributed by atoms with Gasteiger partial charge in [0.15, 0.2) is 11.3 Å². The number of nitrogens with one attached hydrogen (secondary N) is 1. The van der Waals surface area contributed by atoms with Crippen LogP contribution in [0.15, 0.2) is 60.8 Å². The Morgan fingerprint density at radius 2 is 1.82 bits per heavy atom. The van der Waals surface area contributed by atoms with Crippen LogP contribution in [0.2, 0.25) is 0 Å². The molecule has 172 valence electrons. The minimum absolute atomic E-state index is 0.355. The molecule has 3 heterocycles. The number of fused-ring (bicyclic) bond motifs is 1. The number of aromatic nitrogens is 3. The standard InChI is InChI=1S/C27H27N5O2/c1-2-3-15-31-16-13-19(14-17-31)23-18-29-32-25(26(28)33)24(30-27(23)32)20-9-11-22(12-10-20)34-21-7-5-4-6-8-21/h4-12,18-19,29H,13-17H2,1H3,(H2,28,33). The van der Waals surface area contributed by atoms with Crippen LogP contribution >= 0.6 is 0 Å². The van der Waals surface area contributed by atoms with Crippen LogP contribution in [0.5, 0.6) is 11.5 Å². The van der Waals surface area contributed by atoms with Gasteiger partial charge < -0.3 is 10.5 Å². The van der Waals surface area contributed by atoms with Crippen LogP contribution in [0.1, 0.15) is 41.7 Å². The molecule has 1 saturated heterocycles. The lowest BCUT2D eigenvalue weighted by Gasteiger charge is -2.30. The maximum Gasteiger partial charge on any atom is 0.269 e. The second kappa shape index (κ2) is 9.46. The van der Waals surface area contributed by atoms with Crippen molar-refractivity contribution in [1.29, 1.82) is 0 Å². The molecule has 1 aliphatic heterocycles. The van der Waals surface area contributed by atoms with E-state index >= 15 is 0 Å². The van der Waals surface area contributed by atoms with Crippen LogP contribution in [0.25, 0.3) is 16.9 Å². The number of carbonyl (C=O) groups excluding carboxylic acids is 1. The van der Waals surface area contributed by atoms with Crippen molar-refractivity contribution in [2.45, 2.75) is 25.7 Å². The zero-order chi connectivity index (χ0) is 23.5. The van der Waals surface area contributed by atoms with E-state index in [0.717, 1.165) is 55.0 Å². The number of para-hydroxylation sites is 1. The van der Waals surface area contributed by atoms with E-state index in [9.17, 15) is 4.79 Å². The monoisotopic (exact) mass is 453 g/mol. The van der Waals surface area contributed by atoms with Gasteiger partial charge >= 0.3 is 0 Å². The van der Waals surface area contributed by atoms with Gasteiger partial charge in [-0.15, -0.1) is 5.92 Å². The first-order valence-corrected chi connectivity index (χ1v) is 11.5. The molecule has 34 heavy (non-hydrogen) atoms. The molecule has 0 atom stereocenters. The molecule has 0 spiro atoms. The Morgan fingerprint density at radius 3 is 2.50 bits per heavy atom. The number of rotatable bonds is 6. The fourth-order valence-corrected chi connectivity index (χ4v) is 4.57. The SMILES string of the molecule is CC#CCN1CCC(c2c[nH]n3c(C(N)=O)c(-c4ccc(Oc5ccccc5)cc4)nc23)CC1. The number of ether oxygens (including phenoxy) is 1. The van der Waals surface area contributed by atoms with E-state index in [4.69, 9.17) is 15.5 Å². The summed E-state index contributed by atoms with van der Waals surface area (Å²) in [7, 11) is 0. The zero-order valence-electron chi connectivity index (χ0n) is 19.1. The van der Waals surface area contributed by atoms with Gasteiger partial charge in [0.1, 0.15) is 17.2 Å². The molecule has 2 aromatic carbocycles. The van der Waals surface area contributed by atoms with Crippen molar-refractivity contribution in [1.82, 2.24) is 19.5 Å². The Balaban J connectivity index is 1.42. The summed E-state index contributed by atoms with van der Waals surface area (Å²) < 4.78 is 7.61. The number of amides is 1. The molecule has 7 nitrogen and oxygen atoms in total. The molecule has 1 amide bonds. The lowest BCUT2D eigenvalue weighted by Crippen LogP contribution is -2.33. The van der Waals surface area contributed by atoms with E-state index in [2.05, 4.69) is 21.8 Å². The van der Waals surface area contributed by atoms with Crippen molar-refractivity contribution in [3.63, 3.8) is 0 Å². The normalized spacial score (nSPS) is 14.6. The number of hydrogen-bond acceptors (Lipinski definition) is 4. The minimum atomic E-state index is -0.520. The maximum atomic E-state index is 12.4. The summed E-state index contributed by atoms with van der Waals surface area (Å²) >= 11 is 0. The molecule has 0 unspecified atom stereocenters. The number of piperidine rings is 1. The van der Waals surface area contributed by atoms with Crippen molar-refractivity contribution in [3.8, 4) is 34.6 Å². The van der Waals surface area contributed by atoms with Gasteiger partial charge in [-0.2, -0.15) is 0 Å². The summed E-state index contributed by atoms with van der Waals surface area (Å²) in [6.07, 6.45) is 4.01. The predicted molar refractivity (Wildman–Crippen MR) is 132 cm³/mol. The molecular formula is C27H27N5O2. The van der Waals surface area contributed by atoms with Crippen molar-refractivity contribution in [2.75, 3.05) is 19.6 Å². The molecule has 1 fully saturated rings. The minimum Gasteiger partial charge on any atom is -0.457 e. The summed E-state index contributed by atoms with van der Waals surface area (Å²) in [5.74, 6) is 7.44. The van der Waals surface area contributed by atoms with Crippen molar-refractivity contribution >= 4 is 11.6 Å². The number of imidazole rings is 1. The van der Waals surface area contributed by atoms with E-state index < -0.39 is 5.91 Å². The third-order valence-corrected chi connectivity index (χ3v) is 6.33. The molecular weight excluding hydrogens is 426 g/mol. The van der Waals surface area contributed by atoms with Gasteiger partial charge in [0.2, 0.25) is 0 Å². The quantitative estimate of drug-likeness (QED) is 0.423. The highest BCUT2D eigenvalue weighted by atomic mass is 16.5. The number of nitrogens with two attached hydrogens (primary N) is 1. The van der Waals surface area contributed by atoms with E-state index in [1.807, 2.05) is 67.7 Å². The fraction of sp³-hybridized carbons (Fsp3) is 0.259. The number of benzene rings is 2. The number of hydrogen-bond donors (Lipinski definition) is 2. The Hall–Kier alpha value is -4.02. The Labute approximate surface area is 198 Å². The maximum absolute atomic E-state index is 12.4. The van der Waals surface area contributed by atoms with Crippen molar-refractivity contribution in [3.05, 3.63) is 72.1 Å². The zero-order valence-corrected chi connectivity index (χ0v) is 19.1. The largest absolute Gasteiger partial charge is 0.457 e. The van der Waals surface area contributed by atoms with Gasteiger partial charge in [0.25, 0.3) is 5.91 Å². The number of likely N-dealkylation sites (tertiary alicyclic amines) is 1. The molecule has 0 bridgehead atoms. The molecule has 0 saturated carbocycles. The van der Waals surface area contributed by atoms with Crippen LogP contribution in [0, 0.1) is 11.8 Å². The van der Waals surface area contributed by atoms with E-state index in [0.29, 0.717) is 23.1 Å². The number of aromatic amines is 1. The van der Waals surface area contributed by atoms with Gasteiger partial charge in [-0.05, 0) is 75.2 Å². The number of H-pyrrole nitrogens is 1. The molecule has 2 aromatic heterocycles. The van der Waals surface area contributed by atoms with E-state index in [-0.39, 0.29) is 0 Å². The van der Waals surface area contributed by atoms with Gasteiger partial charge in [-0.3, -0.25) is 14.8 Å². The van der Waals surface area contributed by atoms with Gasteiger partial charge in [0.05, 0.1) is 6.54 Å². The van der Waals surface area contributed by atoms with Crippen molar-refractivity contribution < 1.29 is 9.53 Å². The highest BCUT2D eigenvalue weighted by Crippen LogP contribution is 2.34. The number of primary amides is 1. The Bertz CT molecular complexity index is 1350. The highest BCUT2D eigenvalue weighted by molar-refractivity contribution is 5.98. The average molecular weight is 454 g/mol. The Kier molecular flexibility index (Phi) is 6.07. The van der Waals surface area contributed by atoms with Crippen LogP contribution in [0.3, 0.4) is 0 Å². The third-order valence-electron chi connectivity index (χ3n) is 6.33. The highest BCUT2D eigenvalue weighted by Gasteiger charge is 2.27. The molecule has 1 aliphatic rings. The summed E-state index contributed by atoms with van der Waals surface area (Å²) in [6, 6.07) is 17.2. The third kappa shape index (κ3) is 4.28. The van der Waals surface area contributed by atoms with Gasteiger partial charge in [-0.25, -0.2) is 9.50 Å². The predicted octanol–water partition coefficient (Wildman–Crippen LogP) is 4.42. The summed E-state index contributed by atoms with van der Waals surface area (Å²) in [6.45, 7) is 4.68. The lowest BCUT2D eigenvalue weighted by atomic mass is 9.91. The van der Waals surface area contributed by atoms with Crippen LogP contribution < -0.4 is 10.5 Å². The van der Waals surface area contributed by atoms with E-state index in [1.54, 1.807) is 4.52 Å². The first-order chi connectivity index (χ1) is 16.6. The van der Waals surface area contributed by atoms with E-state index in [1.165, 1.54) is 0 Å². The summed E-state index contributed by atoms with van der Waals surface area (Å²) in [5.41, 5.74) is 9.41. The first-order valence-electron chi connectivity index (χ1n) is 11.5. The fourth-order valence-electron chi connectivity index (χ4n) is 4.57. The van der Waals surface area contributed by atoms with Crippen LogP contribution in [0.4, 0.5) is 0 Å². The number of nitrogens with zero attached hydrogens (tertiary/aromatic N) is 3. The van der Waals surface area contributed by atoms with Gasteiger partial charge in [-0.1, -0.05) is 24.1 Å². The van der Waals surface area contributed by atoms with Crippen LogP contribution in [-0.2, 0) is 0 Å². The molecule has 3 N–H and O–H groups in total. The molecule has 5 rings (SSSR count). The second-order valence-corrected chi connectivity index (χ2v) is 8.48. The molecule has 0 radical (unpaired) electrons. The summed E-state index contributed by atoms with van der Waals surface area (Å²) in [5, 5.41) is 3.21. The smallest absolute Gasteiger partial charge is 0.269 e. The first kappa shape index (κ1) is 21.8. The molecule has 4 aromatic rings. The number of carbonyl (C=O) groups is 1. The second-order valence-electron chi connectivity index (χ2n) is 8.48. The van der Waals surface area contributed by atoms with Crippen molar-refractivity contribution in [2.24, 2.45) is 5.73 Å². The summed E-state index contributed by atoms with van der Waals surface area (Å²) in [4.78, 5) is 19.7. The van der Waals surface area contributed by atoms with Gasteiger partial charge in [0, 0.05) is 17.3 Å².